The van der Waals surface area contributed by atoms with Crippen molar-refractivity contribution >= 4 is 11.8 Å². The number of aromatic amines is 1. The predicted molar refractivity (Wildman–Crippen MR) is 82.2 cm³/mol. The maximum Gasteiger partial charge on any atom is 0.269 e. The van der Waals surface area contributed by atoms with Crippen molar-refractivity contribution in [2.24, 2.45) is 0 Å². The third-order valence-electron chi connectivity index (χ3n) is 3.63. The lowest BCUT2D eigenvalue weighted by molar-refractivity contribution is -0.120. The van der Waals surface area contributed by atoms with Gasteiger partial charge in [0.2, 0.25) is 5.91 Å². The fourth-order valence-electron chi connectivity index (χ4n) is 2.15. The van der Waals surface area contributed by atoms with Crippen molar-refractivity contribution in [3.63, 3.8) is 0 Å². The summed E-state index contributed by atoms with van der Waals surface area (Å²) < 4.78 is 13.3. The molecular weight excluding hydrogens is 299 g/mol. The summed E-state index contributed by atoms with van der Waals surface area (Å²) in [6, 6.07) is 6.46. The predicted octanol–water partition coefficient (Wildman–Crippen LogP) is 1.53. The summed E-state index contributed by atoms with van der Waals surface area (Å²) in [5.74, 6) is -0.896. The Morgan fingerprint density at radius 3 is 2.83 bits per heavy atom. The van der Waals surface area contributed by atoms with Gasteiger partial charge in [-0.2, -0.15) is 5.10 Å². The number of rotatable bonds is 5. The third kappa shape index (κ3) is 3.74. The minimum atomic E-state index is -0.409. The van der Waals surface area contributed by atoms with Crippen LogP contribution in [0.25, 0.3) is 11.3 Å². The minimum Gasteiger partial charge on any atom is -0.352 e. The minimum absolute atomic E-state index is 0.0701. The van der Waals surface area contributed by atoms with Gasteiger partial charge in [0.1, 0.15) is 11.5 Å². The van der Waals surface area contributed by atoms with Gasteiger partial charge < -0.3 is 10.6 Å². The molecule has 0 spiro atoms. The van der Waals surface area contributed by atoms with E-state index in [-0.39, 0.29) is 30.0 Å². The van der Waals surface area contributed by atoms with Crippen LogP contribution in [0.1, 0.15) is 28.9 Å². The van der Waals surface area contributed by atoms with Gasteiger partial charge >= 0.3 is 0 Å². The second kappa shape index (κ2) is 6.20. The van der Waals surface area contributed by atoms with E-state index in [1.165, 1.54) is 6.07 Å². The van der Waals surface area contributed by atoms with Crippen molar-refractivity contribution in [2.75, 3.05) is 6.54 Å². The molecule has 23 heavy (non-hydrogen) atoms. The molecule has 0 saturated heterocycles. The highest BCUT2D eigenvalue weighted by Crippen LogP contribution is 2.20. The Labute approximate surface area is 132 Å². The molecule has 120 valence electrons. The van der Waals surface area contributed by atoms with Crippen LogP contribution in [0.3, 0.4) is 0 Å². The van der Waals surface area contributed by atoms with Gasteiger partial charge in [0, 0.05) is 11.6 Å². The number of carbonyl (C=O) groups excluding carboxylic acids is 2. The summed E-state index contributed by atoms with van der Waals surface area (Å²) in [5.41, 5.74) is 2.01. The average molecular weight is 316 g/mol. The number of hydrogen-bond donors (Lipinski definition) is 3. The number of H-pyrrole nitrogens is 1. The molecule has 1 aromatic carbocycles. The van der Waals surface area contributed by atoms with Crippen molar-refractivity contribution in [1.82, 2.24) is 20.8 Å². The van der Waals surface area contributed by atoms with Crippen LogP contribution >= 0.6 is 0 Å². The van der Waals surface area contributed by atoms with E-state index < -0.39 is 5.91 Å². The van der Waals surface area contributed by atoms with Crippen molar-refractivity contribution in [3.8, 4) is 11.3 Å². The van der Waals surface area contributed by atoms with Crippen LogP contribution in [-0.2, 0) is 4.79 Å². The Hall–Kier alpha value is -2.70. The molecule has 1 aromatic heterocycles. The SMILES string of the molecule is Cc1cc(-c2cc(C(=O)NCC(=O)NC3CC3)[nH]n2)ccc1F. The standard InChI is InChI=1S/C16H17FN4O2/c1-9-6-10(2-5-12(9)17)13-7-14(21-20-13)16(23)18-8-15(22)19-11-3-4-11/h2,5-7,11H,3-4,8H2,1H3,(H,18,23)(H,19,22)(H,20,21). The molecule has 1 aliphatic carbocycles. The first-order valence-corrected chi connectivity index (χ1v) is 7.42. The van der Waals surface area contributed by atoms with Crippen LogP contribution in [-0.4, -0.2) is 34.6 Å². The second-order valence-corrected chi connectivity index (χ2v) is 5.66. The number of nitrogens with one attached hydrogen (secondary N) is 3. The first-order valence-electron chi connectivity index (χ1n) is 7.42. The topological polar surface area (TPSA) is 86.9 Å². The van der Waals surface area contributed by atoms with Gasteiger partial charge in [-0.1, -0.05) is 0 Å². The number of carbonyl (C=O) groups is 2. The van der Waals surface area contributed by atoms with Gasteiger partial charge in [-0.3, -0.25) is 14.7 Å². The van der Waals surface area contributed by atoms with Crippen molar-refractivity contribution < 1.29 is 14.0 Å². The quantitative estimate of drug-likeness (QED) is 0.782. The molecule has 1 heterocycles. The maximum absolute atomic E-state index is 13.3. The molecule has 2 amide bonds. The van der Waals surface area contributed by atoms with E-state index >= 15 is 0 Å². The van der Waals surface area contributed by atoms with E-state index in [9.17, 15) is 14.0 Å². The molecule has 0 radical (unpaired) electrons. The monoisotopic (exact) mass is 316 g/mol. The highest BCUT2D eigenvalue weighted by molar-refractivity contribution is 5.95. The van der Waals surface area contributed by atoms with E-state index in [0.29, 0.717) is 16.8 Å². The zero-order chi connectivity index (χ0) is 16.4. The first kappa shape index (κ1) is 15.2. The second-order valence-electron chi connectivity index (χ2n) is 5.66. The fraction of sp³-hybridized carbons (Fsp3) is 0.312. The zero-order valence-corrected chi connectivity index (χ0v) is 12.6. The van der Waals surface area contributed by atoms with E-state index in [2.05, 4.69) is 20.8 Å². The number of halogens is 1. The molecule has 0 atom stereocenters. The summed E-state index contributed by atoms with van der Waals surface area (Å²) in [6.45, 7) is 1.59. The highest BCUT2D eigenvalue weighted by Gasteiger charge is 2.23. The van der Waals surface area contributed by atoms with Crippen LogP contribution in [0.4, 0.5) is 4.39 Å². The van der Waals surface area contributed by atoms with Gasteiger partial charge in [0.05, 0.1) is 12.2 Å². The summed E-state index contributed by atoms with van der Waals surface area (Å²) in [6.07, 6.45) is 2.00. The smallest absolute Gasteiger partial charge is 0.269 e. The van der Waals surface area contributed by atoms with Gasteiger partial charge in [-0.25, -0.2) is 4.39 Å². The molecule has 0 aliphatic heterocycles. The molecule has 1 aliphatic rings. The molecule has 3 N–H and O–H groups in total. The molecule has 6 nitrogen and oxygen atoms in total. The van der Waals surface area contributed by atoms with Crippen LogP contribution in [0.2, 0.25) is 0 Å². The van der Waals surface area contributed by atoms with E-state index in [4.69, 9.17) is 0 Å². The third-order valence-corrected chi connectivity index (χ3v) is 3.63. The van der Waals surface area contributed by atoms with Gasteiger partial charge in [0.15, 0.2) is 0 Å². The van der Waals surface area contributed by atoms with Crippen molar-refractivity contribution in [3.05, 3.63) is 41.3 Å². The zero-order valence-electron chi connectivity index (χ0n) is 12.6. The Balaban J connectivity index is 1.62. The summed E-state index contributed by atoms with van der Waals surface area (Å²) in [5, 5.41) is 12.0. The van der Waals surface area contributed by atoms with E-state index in [0.717, 1.165) is 12.8 Å². The van der Waals surface area contributed by atoms with Crippen LogP contribution in [0, 0.1) is 12.7 Å². The van der Waals surface area contributed by atoms with E-state index in [1.54, 1.807) is 25.1 Å². The summed E-state index contributed by atoms with van der Waals surface area (Å²) >= 11 is 0. The van der Waals surface area contributed by atoms with Gasteiger partial charge in [-0.05, 0) is 49.6 Å². The first-order chi connectivity index (χ1) is 11.0. The highest BCUT2D eigenvalue weighted by atomic mass is 19.1. The molecule has 7 heteroatoms. The van der Waals surface area contributed by atoms with Crippen LogP contribution in [0.15, 0.2) is 24.3 Å². The Bertz CT molecular complexity index is 752. The number of aryl methyl sites for hydroxylation is 1. The largest absolute Gasteiger partial charge is 0.352 e. The average Bonchev–Trinajstić information content (AvgIpc) is 3.19. The Morgan fingerprint density at radius 1 is 1.35 bits per heavy atom. The van der Waals surface area contributed by atoms with Crippen LogP contribution in [0.5, 0.6) is 0 Å². The molecule has 0 bridgehead atoms. The van der Waals surface area contributed by atoms with Gasteiger partial charge in [0.25, 0.3) is 5.91 Å². The normalized spacial score (nSPS) is 13.7. The summed E-state index contributed by atoms with van der Waals surface area (Å²) in [4.78, 5) is 23.5. The molecule has 3 rings (SSSR count). The Morgan fingerprint density at radius 2 is 2.13 bits per heavy atom. The Kier molecular flexibility index (Phi) is 4.10. The summed E-state index contributed by atoms with van der Waals surface area (Å²) in [7, 11) is 0. The number of aromatic nitrogens is 2. The molecular formula is C16H17FN4O2. The maximum atomic E-state index is 13.3. The number of amides is 2. The molecule has 1 fully saturated rings. The number of hydrogen-bond acceptors (Lipinski definition) is 3. The van der Waals surface area contributed by atoms with Crippen LogP contribution < -0.4 is 10.6 Å². The number of nitrogens with zero attached hydrogens (tertiary/aromatic N) is 1. The van der Waals surface area contributed by atoms with Crippen molar-refractivity contribution in [1.29, 1.82) is 0 Å². The molecule has 0 unspecified atom stereocenters. The van der Waals surface area contributed by atoms with E-state index in [1.807, 2.05) is 0 Å². The molecule has 2 aromatic rings. The number of benzene rings is 1. The molecule has 1 saturated carbocycles. The lowest BCUT2D eigenvalue weighted by Gasteiger charge is -2.04. The fourth-order valence-corrected chi connectivity index (χ4v) is 2.15. The van der Waals surface area contributed by atoms with Crippen molar-refractivity contribution in [2.45, 2.75) is 25.8 Å². The van der Waals surface area contributed by atoms with Gasteiger partial charge in [-0.15, -0.1) is 0 Å². The lowest BCUT2D eigenvalue weighted by atomic mass is 10.1. The lowest BCUT2D eigenvalue weighted by Crippen LogP contribution is -2.37.